The first kappa shape index (κ1) is 18.8. The molecule has 2 amide bonds. The summed E-state index contributed by atoms with van der Waals surface area (Å²) in [7, 11) is 0. The lowest BCUT2D eigenvalue weighted by atomic mass is 10.2. The summed E-state index contributed by atoms with van der Waals surface area (Å²) in [5, 5.41) is 0. The van der Waals surface area contributed by atoms with Gasteiger partial charge in [0.25, 0.3) is 11.8 Å². The van der Waals surface area contributed by atoms with Gasteiger partial charge >= 0.3 is 0 Å². The predicted molar refractivity (Wildman–Crippen MR) is 95.4 cm³/mol. The van der Waals surface area contributed by atoms with Crippen molar-refractivity contribution in [3.8, 4) is 5.75 Å². The van der Waals surface area contributed by atoms with Crippen molar-refractivity contribution >= 4 is 11.8 Å². The van der Waals surface area contributed by atoms with Crippen LogP contribution >= 0.6 is 0 Å². The molecule has 0 bridgehead atoms. The summed E-state index contributed by atoms with van der Waals surface area (Å²) in [5.74, 6) is -1.94. The Bertz CT molecular complexity index is 814. The minimum Gasteiger partial charge on any atom is -0.484 e. The van der Waals surface area contributed by atoms with Gasteiger partial charge in [0.05, 0.1) is 0 Å². The van der Waals surface area contributed by atoms with E-state index >= 15 is 0 Å². The first-order chi connectivity index (χ1) is 13.0. The average Bonchev–Trinajstić information content (AvgIpc) is 2.95. The maximum absolute atomic E-state index is 13.4. The van der Waals surface area contributed by atoms with Crippen molar-refractivity contribution in [1.82, 2.24) is 9.80 Å². The van der Waals surface area contributed by atoms with Crippen LogP contribution in [0.25, 0.3) is 0 Å². The Balaban J connectivity index is 1.55. The molecule has 27 heavy (non-hydrogen) atoms. The highest BCUT2D eigenvalue weighted by molar-refractivity contribution is 5.94. The number of rotatable bonds is 4. The molecule has 1 heterocycles. The first-order valence-corrected chi connectivity index (χ1v) is 8.74. The average molecular weight is 374 g/mol. The van der Waals surface area contributed by atoms with Crippen LogP contribution in [0.1, 0.15) is 16.8 Å². The Morgan fingerprint density at radius 2 is 1.59 bits per heavy atom. The van der Waals surface area contributed by atoms with Crippen LogP contribution in [0.3, 0.4) is 0 Å². The highest BCUT2D eigenvalue weighted by Gasteiger charge is 2.23. The molecule has 7 heteroatoms. The summed E-state index contributed by atoms with van der Waals surface area (Å²) < 4.78 is 31.9. The van der Waals surface area contributed by atoms with Crippen LogP contribution in [0, 0.1) is 11.6 Å². The third-order valence-electron chi connectivity index (χ3n) is 4.41. The van der Waals surface area contributed by atoms with Gasteiger partial charge in [-0.2, -0.15) is 0 Å². The lowest BCUT2D eigenvalue weighted by Gasteiger charge is -2.22. The lowest BCUT2D eigenvalue weighted by molar-refractivity contribution is -0.133. The lowest BCUT2D eigenvalue weighted by Crippen LogP contribution is -2.39. The standard InChI is InChI=1S/C20H20F2N2O3/c21-17-8-7-15(13-18(17)22)20(26)24-10-4-9-23(11-12-24)19(25)14-27-16-5-2-1-3-6-16/h1-3,5-8,13H,4,9-12,14H2. The Hall–Kier alpha value is -2.96. The monoisotopic (exact) mass is 374 g/mol. The molecular weight excluding hydrogens is 354 g/mol. The normalized spacial score (nSPS) is 14.6. The molecule has 1 saturated heterocycles. The molecule has 0 radical (unpaired) electrons. The second-order valence-electron chi connectivity index (χ2n) is 6.26. The van der Waals surface area contributed by atoms with Gasteiger partial charge in [0.1, 0.15) is 5.75 Å². The van der Waals surface area contributed by atoms with Crippen molar-refractivity contribution in [2.75, 3.05) is 32.8 Å². The molecule has 0 unspecified atom stereocenters. The molecule has 0 atom stereocenters. The van der Waals surface area contributed by atoms with E-state index in [2.05, 4.69) is 0 Å². The zero-order valence-electron chi connectivity index (χ0n) is 14.7. The van der Waals surface area contributed by atoms with Crippen LogP contribution in [-0.2, 0) is 4.79 Å². The van der Waals surface area contributed by atoms with E-state index in [1.165, 1.54) is 6.07 Å². The molecule has 2 aromatic carbocycles. The number of carbonyl (C=O) groups excluding carboxylic acids is 2. The third kappa shape index (κ3) is 4.81. The topological polar surface area (TPSA) is 49.9 Å². The highest BCUT2D eigenvalue weighted by atomic mass is 19.2. The van der Waals surface area contributed by atoms with Gasteiger partial charge in [-0.05, 0) is 36.8 Å². The fraction of sp³-hybridized carbons (Fsp3) is 0.300. The van der Waals surface area contributed by atoms with Gasteiger partial charge in [0.15, 0.2) is 18.2 Å². The molecule has 142 valence electrons. The number of para-hydroxylation sites is 1. The van der Waals surface area contributed by atoms with Gasteiger partial charge in [-0.3, -0.25) is 9.59 Å². The molecule has 3 rings (SSSR count). The number of hydrogen-bond donors (Lipinski definition) is 0. The van der Waals surface area contributed by atoms with Crippen molar-refractivity contribution in [2.45, 2.75) is 6.42 Å². The molecular formula is C20H20F2N2O3. The quantitative estimate of drug-likeness (QED) is 0.827. The van der Waals surface area contributed by atoms with Gasteiger partial charge in [-0.1, -0.05) is 18.2 Å². The van der Waals surface area contributed by atoms with Gasteiger partial charge in [0, 0.05) is 31.7 Å². The molecule has 1 aliphatic rings. The van der Waals surface area contributed by atoms with Crippen LogP contribution in [0.5, 0.6) is 5.75 Å². The largest absolute Gasteiger partial charge is 0.484 e. The van der Waals surface area contributed by atoms with Gasteiger partial charge in [-0.15, -0.1) is 0 Å². The second-order valence-corrected chi connectivity index (χ2v) is 6.26. The molecule has 1 aliphatic heterocycles. The van der Waals surface area contributed by atoms with E-state index in [-0.39, 0.29) is 24.0 Å². The molecule has 0 aromatic heterocycles. The van der Waals surface area contributed by atoms with E-state index < -0.39 is 11.6 Å². The SMILES string of the molecule is O=C(COc1ccccc1)N1CCCN(C(=O)c2ccc(F)c(F)c2)CC1. The summed E-state index contributed by atoms with van der Waals surface area (Å²) in [6.07, 6.45) is 0.604. The van der Waals surface area contributed by atoms with E-state index in [9.17, 15) is 18.4 Å². The molecule has 0 spiro atoms. The summed E-state index contributed by atoms with van der Waals surface area (Å²) in [6.45, 7) is 1.59. The fourth-order valence-corrected chi connectivity index (χ4v) is 2.93. The Labute approximate surface area is 156 Å². The van der Waals surface area contributed by atoms with E-state index in [1.807, 2.05) is 18.2 Å². The van der Waals surface area contributed by atoms with E-state index in [1.54, 1.807) is 21.9 Å². The molecule has 5 nitrogen and oxygen atoms in total. The number of halogens is 2. The van der Waals surface area contributed by atoms with Crippen molar-refractivity contribution in [3.05, 3.63) is 65.7 Å². The minimum absolute atomic E-state index is 0.0683. The van der Waals surface area contributed by atoms with Crippen molar-refractivity contribution in [3.63, 3.8) is 0 Å². The third-order valence-corrected chi connectivity index (χ3v) is 4.41. The summed E-state index contributed by atoms with van der Waals surface area (Å²) in [4.78, 5) is 28.1. The molecule has 0 N–H and O–H groups in total. The maximum atomic E-state index is 13.4. The van der Waals surface area contributed by atoms with Crippen LogP contribution in [0.4, 0.5) is 8.78 Å². The number of ether oxygens (including phenoxy) is 1. The summed E-state index contributed by atoms with van der Waals surface area (Å²) >= 11 is 0. The van der Waals surface area contributed by atoms with Crippen LogP contribution in [0.2, 0.25) is 0 Å². The Kier molecular flexibility index (Phi) is 6.01. The second kappa shape index (κ2) is 8.62. The number of carbonyl (C=O) groups is 2. The molecule has 0 saturated carbocycles. The van der Waals surface area contributed by atoms with E-state index in [0.717, 1.165) is 12.1 Å². The van der Waals surface area contributed by atoms with Gasteiger partial charge in [0.2, 0.25) is 0 Å². The number of amides is 2. The van der Waals surface area contributed by atoms with Crippen LogP contribution in [-0.4, -0.2) is 54.4 Å². The minimum atomic E-state index is -1.05. The van der Waals surface area contributed by atoms with E-state index in [4.69, 9.17) is 4.74 Å². The zero-order valence-corrected chi connectivity index (χ0v) is 14.7. The number of benzene rings is 2. The highest BCUT2D eigenvalue weighted by Crippen LogP contribution is 2.14. The predicted octanol–water partition coefficient (Wildman–Crippen LogP) is 2.72. The van der Waals surface area contributed by atoms with E-state index in [0.29, 0.717) is 38.3 Å². The van der Waals surface area contributed by atoms with Crippen molar-refractivity contribution < 1.29 is 23.1 Å². The Morgan fingerprint density at radius 3 is 2.33 bits per heavy atom. The summed E-state index contributed by atoms with van der Waals surface area (Å²) in [6, 6.07) is 12.2. The van der Waals surface area contributed by atoms with Gasteiger partial charge < -0.3 is 14.5 Å². The van der Waals surface area contributed by atoms with Crippen molar-refractivity contribution in [2.24, 2.45) is 0 Å². The maximum Gasteiger partial charge on any atom is 0.260 e. The van der Waals surface area contributed by atoms with Crippen LogP contribution < -0.4 is 4.74 Å². The zero-order chi connectivity index (χ0) is 19.2. The summed E-state index contributed by atoms with van der Waals surface area (Å²) in [5.41, 5.74) is 0.0982. The molecule has 1 fully saturated rings. The van der Waals surface area contributed by atoms with Crippen LogP contribution in [0.15, 0.2) is 48.5 Å². The first-order valence-electron chi connectivity index (χ1n) is 8.74. The van der Waals surface area contributed by atoms with Gasteiger partial charge in [-0.25, -0.2) is 8.78 Å². The fourth-order valence-electron chi connectivity index (χ4n) is 2.93. The Morgan fingerprint density at radius 1 is 0.889 bits per heavy atom. The number of nitrogens with zero attached hydrogens (tertiary/aromatic N) is 2. The molecule has 0 aliphatic carbocycles. The number of hydrogen-bond acceptors (Lipinski definition) is 3. The van der Waals surface area contributed by atoms with Crippen molar-refractivity contribution in [1.29, 1.82) is 0 Å². The smallest absolute Gasteiger partial charge is 0.260 e. The molecule has 2 aromatic rings.